The number of benzene rings is 1. The van der Waals surface area contributed by atoms with Crippen LogP contribution >= 0.6 is 0 Å². The number of carbonyl (C=O) groups excluding carboxylic acids is 1. The number of hydrogen-bond acceptors (Lipinski definition) is 2. The van der Waals surface area contributed by atoms with Crippen LogP contribution < -0.4 is 5.32 Å². The molecule has 0 aliphatic carbocycles. The van der Waals surface area contributed by atoms with Crippen LogP contribution in [-0.4, -0.2) is 6.41 Å². The highest BCUT2D eigenvalue weighted by Crippen LogP contribution is 2.19. The molecule has 3 heteroatoms. The first-order valence-corrected chi connectivity index (χ1v) is 4.04. The SMILES string of the molecule is O=CNCc1cccc2occc12. The topological polar surface area (TPSA) is 42.2 Å². The first-order valence-electron chi connectivity index (χ1n) is 4.04. The molecule has 13 heavy (non-hydrogen) atoms. The van der Waals surface area contributed by atoms with Crippen LogP contribution in [0.5, 0.6) is 0 Å². The molecule has 1 N–H and O–H groups in total. The van der Waals surface area contributed by atoms with Crippen LogP contribution in [0.2, 0.25) is 0 Å². The molecule has 2 rings (SSSR count). The summed E-state index contributed by atoms with van der Waals surface area (Å²) < 4.78 is 5.22. The number of amides is 1. The van der Waals surface area contributed by atoms with Gasteiger partial charge >= 0.3 is 0 Å². The van der Waals surface area contributed by atoms with E-state index in [2.05, 4.69) is 5.32 Å². The van der Waals surface area contributed by atoms with E-state index in [4.69, 9.17) is 4.42 Å². The van der Waals surface area contributed by atoms with Crippen molar-refractivity contribution >= 4 is 17.4 Å². The van der Waals surface area contributed by atoms with Crippen LogP contribution in [-0.2, 0) is 11.3 Å². The van der Waals surface area contributed by atoms with Gasteiger partial charge in [-0.25, -0.2) is 0 Å². The lowest BCUT2D eigenvalue weighted by atomic mass is 10.1. The highest BCUT2D eigenvalue weighted by Gasteiger charge is 2.01. The molecule has 1 aromatic heterocycles. The molecule has 0 spiro atoms. The zero-order valence-corrected chi connectivity index (χ0v) is 6.99. The van der Waals surface area contributed by atoms with Crippen molar-refractivity contribution in [3.8, 4) is 0 Å². The maximum atomic E-state index is 10.1. The number of rotatable bonds is 3. The van der Waals surface area contributed by atoms with E-state index < -0.39 is 0 Å². The Labute approximate surface area is 75.3 Å². The third-order valence-electron chi connectivity index (χ3n) is 1.96. The number of carbonyl (C=O) groups is 1. The summed E-state index contributed by atoms with van der Waals surface area (Å²) in [6.45, 7) is 0.542. The van der Waals surface area contributed by atoms with Crippen LogP contribution in [0.25, 0.3) is 11.0 Å². The Morgan fingerprint density at radius 3 is 3.15 bits per heavy atom. The second kappa shape index (κ2) is 3.31. The van der Waals surface area contributed by atoms with Gasteiger partial charge in [0, 0.05) is 11.9 Å². The van der Waals surface area contributed by atoms with Crippen molar-refractivity contribution in [2.75, 3.05) is 0 Å². The molecule has 0 aliphatic heterocycles. The van der Waals surface area contributed by atoms with Crippen molar-refractivity contribution in [1.82, 2.24) is 5.32 Å². The second-order valence-corrected chi connectivity index (χ2v) is 2.75. The smallest absolute Gasteiger partial charge is 0.207 e. The summed E-state index contributed by atoms with van der Waals surface area (Å²) >= 11 is 0. The molecule has 1 aromatic carbocycles. The summed E-state index contributed by atoms with van der Waals surface area (Å²) in [6, 6.07) is 7.68. The predicted molar refractivity (Wildman–Crippen MR) is 49.1 cm³/mol. The van der Waals surface area contributed by atoms with Crippen molar-refractivity contribution in [2.45, 2.75) is 6.54 Å². The lowest BCUT2D eigenvalue weighted by molar-refractivity contribution is -0.109. The van der Waals surface area contributed by atoms with Gasteiger partial charge in [-0.15, -0.1) is 0 Å². The molecule has 0 bridgehead atoms. The molecule has 0 saturated carbocycles. The van der Waals surface area contributed by atoms with Gasteiger partial charge in [0.25, 0.3) is 0 Å². The average molecular weight is 175 g/mol. The van der Waals surface area contributed by atoms with E-state index in [1.165, 1.54) is 0 Å². The Bertz CT molecular complexity index is 420. The second-order valence-electron chi connectivity index (χ2n) is 2.75. The summed E-state index contributed by atoms with van der Waals surface area (Å²) in [4.78, 5) is 10.1. The highest BCUT2D eigenvalue weighted by molar-refractivity contribution is 5.80. The minimum atomic E-state index is 0.542. The number of furan rings is 1. The van der Waals surface area contributed by atoms with Crippen molar-refractivity contribution in [3.05, 3.63) is 36.1 Å². The predicted octanol–water partition coefficient (Wildman–Crippen LogP) is 1.68. The zero-order valence-electron chi connectivity index (χ0n) is 6.99. The molecule has 2 aromatic rings. The van der Waals surface area contributed by atoms with Crippen LogP contribution in [0, 0.1) is 0 Å². The van der Waals surface area contributed by atoms with Crippen LogP contribution in [0.15, 0.2) is 34.9 Å². The standard InChI is InChI=1S/C10H9NO2/c12-7-11-6-8-2-1-3-10-9(8)4-5-13-10/h1-5,7H,6H2,(H,11,12). The first-order chi connectivity index (χ1) is 6.42. The molecular formula is C10H9NO2. The third-order valence-corrected chi connectivity index (χ3v) is 1.96. The monoisotopic (exact) mass is 175 g/mol. The van der Waals surface area contributed by atoms with Gasteiger partial charge in [-0.05, 0) is 17.7 Å². The Morgan fingerprint density at radius 2 is 2.31 bits per heavy atom. The molecular weight excluding hydrogens is 166 g/mol. The highest BCUT2D eigenvalue weighted by atomic mass is 16.3. The minimum absolute atomic E-state index is 0.542. The number of nitrogens with one attached hydrogen (secondary N) is 1. The fourth-order valence-corrected chi connectivity index (χ4v) is 1.36. The molecule has 3 nitrogen and oxygen atoms in total. The summed E-state index contributed by atoms with van der Waals surface area (Å²) in [5.74, 6) is 0. The maximum absolute atomic E-state index is 10.1. The van der Waals surface area contributed by atoms with Crippen LogP contribution in [0.1, 0.15) is 5.56 Å². The maximum Gasteiger partial charge on any atom is 0.207 e. The molecule has 0 aliphatic rings. The van der Waals surface area contributed by atoms with Crippen molar-refractivity contribution in [3.63, 3.8) is 0 Å². The average Bonchev–Trinajstić information content (AvgIpc) is 2.62. The van der Waals surface area contributed by atoms with E-state index in [-0.39, 0.29) is 0 Å². The van der Waals surface area contributed by atoms with Gasteiger partial charge in [0.05, 0.1) is 6.26 Å². The largest absolute Gasteiger partial charge is 0.464 e. The van der Waals surface area contributed by atoms with Gasteiger partial charge in [0.15, 0.2) is 0 Å². The van der Waals surface area contributed by atoms with E-state index in [1.807, 2.05) is 24.3 Å². The van der Waals surface area contributed by atoms with Gasteiger partial charge in [-0.3, -0.25) is 4.79 Å². The van der Waals surface area contributed by atoms with Crippen molar-refractivity contribution < 1.29 is 9.21 Å². The minimum Gasteiger partial charge on any atom is -0.464 e. The molecule has 1 amide bonds. The summed E-state index contributed by atoms with van der Waals surface area (Å²) in [5, 5.41) is 3.68. The first kappa shape index (κ1) is 7.86. The van der Waals surface area contributed by atoms with E-state index in [1.54, 1.807) is 6.26 Å². The van der Waals surface area contributed by atoms with Crippen LogP contribution in [0.4, 0.5) is 0 Å². The third kappa shape index (κ3) is 1.40. The summed E-state index contributed by atoms with van der Waals surface area (Å²) in [5.41, 5.74) is 1.92. The molecule has 1 heterocycles. The van der Waals surface area contributed by atoms with Crippen LogP contribution in [0.3, 0.4) is 0 Å². The Balaban J connectivity index is 2.42. The lowest BCUT2D eigenvalue weighted by Gasteiger charge is -2.00. The lowest BCUT2D eigenvalue weighted by Crippen LogP contribution is -2.09. The molecule has 0 fully saturated rings. The number of hydrogen-bond donors (Lipinski definition) is 1. The van der Waals surface area contributed by atoms with Crippen molar-refractivity contribution in [1.29, 1.82) is 0 Å². The van der Waals surface area contributed by atoms with E-state index in [0.717, 1.165) is 16.5 Å². The quantitative estimate of drug-likeness (QED) is 0.721. The summed E-state index contributed by atoms with van der Waals surface area (Å²) in [6.07, 6.45) is 2.34. The van der Waals surface area contributed by atoms with E-state index in [9.17, 15) is 4.79 Å². The molecule has 0 unspecified atom stereocenters. The van der Waals surface area contributed by atoms with Gasteiger partial charge in [0.1, 0.15) is 5.58 Å². The molecule has 0 radical (unpaired) electrons. The van der Waals surface area contributed by atoms with E-state index >= 15 is 0 Å². The zero-order chi connectivity index (χ0) is 9.10. The van der Waals surface area contributed by atoms with Gasteiger partial charge in [-0.2, -0.15) is 0 Å². The van der Waals surface area contributed by atoms with Gasteiger partial charge in [-0.1, -0.05) is 12.1 Å². The van der Waals surface area contributed by atoms with Gasteiger partial charge in [0.2, 0.25) is 6.41 Å². The van der Waals surface area contributed by atoms with Gasteiger partial charge < -0.3 is 9.73 Å². The fourth-order valence-electron chi connectivity index (χ4n) is 1.36. The summed E-state index contributed by atoms with van der Waals surface area (Å²) in [7, 11) is 0. The fraction of sp³-hybridized carbons (Fsp3) is 0.100. The molecule has 0 saturated heterocycles. The van der Waals surface area contributed by atoms with Crippen molar-refractivity contribution in [2.24, 2.45) is 0 Å². The number of fused-ring (bicyclic) bond motifs is 1. The Kier molecular flexibility index (Phi) is 2.00. The normalized spacial score (nSPS) is 10.2. The Morgan fingerprint density at radius 1 is 1.38 bits per heavy atom. The Hall–Kier alpha value is -1.77. The molecule has 0 atom stereocenters. The van der Waals surface area contributed by atoms with E-state index in [0.29, 0.717) is 13.0 Å². The molecule has 66 valence electrons.